The highest BCUT2D eigenvalue weighted by atomic mass is 32.2. The van der Waals surface area contributed by atoms with Crippen LogP contribution in [0, 0.1) is 20.8 Å². The van der Waals surface area contributed by atoms with Crippen molar-refractivity contribution in [2.24, 2.45) is 0 Å². The van der Waals surface area contributed by atoms with Gasteiger partial charge in [0.2, 0.25) is 10.0 Å². The molecule has 0 radical (unpaired) electrons. The third-order valence-electron chi connectivity index (χ3n) is 4.94. The van der Waals surface area contributed by atoms with E-state index >= 15 is 0 Å². The minimum atomic E-state index is -3.62. The Labute approximate surface area is 161 Å². The van der Waals surface area contributed by atoms with Gasteiger partial charge in [-0.3, -0.25) is 9.59 Å². The van der Waals surface area contributed by atoms with Crippen LogP contribution in [-0.2, 0) is 19.6 Å². The Morgan fingerprint density at radius 3 is 2.33 bits per heavy atom. The number of nitrogens with zero attached hydrogens (tertiary/aromatic N) is 1. The predicted octanol–water partition coefficient (Wildman–Crippen LogP) is 1.41. The zero-order valence-electron chi connectivity index (χ0n) is 16.5. The second kappa shape index (κ2) is 8.84. The molecule has 1 fully saturated rings. The maximum Gasteiger partial charge on any atom is 0.309 e. The van der Waals surface area contributed by atoms with Gasteiger partial charge in [-0.15, -0.1) is 0 Å². The smallest absolute Gasteiger partial charge is 0.309 e. The lowest BCUT2D eigenvalue weighted by Gasteiger charge is -2.35. The maximum absolute atomic E-state index is 13.4. The largest absolute Gasteiger partial charge is 0.351 e. The summed E-state index contributed by atoms with van der Waals surface area (Å²) in [5, 5.41) is 4.82. The number of carbonyl (C=O) groups excluding carboxylic acids is 2. The second-order valence-corrected chi connectivity index (χ2v) is 8.94. The van der Waals surface area contributed by atoms with Crippen molar-refractivity contribution < 1.29 is 18.0 Å². The first-order chi connectivity index (χ1) is 12.7. The Morgan fingerprint density at radius 2 is 1.74 bits per heavy atom. The number of likely N-dealkylation sites (N-methyl/N-ethyl adjacent to an activating group) is 1. The van der Waals surface area contributed by atoms with E-state index in [1.54, 1.807) is 4.31 Å². The van der Waals surface area contributed by atoms with Crippen molar-refractivity contribution in [3.8, 4) is 0 Å². The molecular weight excluding hydrogens is 366 g/mol. The first kappa shape index (κ1) is 21.4. The van der Waals surface area contributed by atoms with E-state index in [2.05, 4.69) is 10.6 Å². The summed E-state index contributed by atoms with van der Waals surface area (Å²) < 4.78 is 28.3. The summed E-state index contributed by atoms with van der Waals surface area (Å²) in [7, 11) is -2.23. The lowest BCUT2D eigenvalue weighted by atomic mass is 10.0. The van der Waals surface area contributed by atoms with Gasteiger partial charge in [0.1, 0.15) is 0 Å². The van der Waals surface area contributed by atoms with Crippen LogP contribution in [0.4, 0.5) is 0 Å². The molecule has 150 valence electrons. The standard InChI is InChI=1S/C19H29N3O4S/c1-13-11-14(2)17(15(3)12-13)27(25,26)22-10-6-5-7-16(22)8-9-21-19(24)18(23)20-4/h11-12,16H,5-10H2,1-4H3,(H,20,23)(H,21,24). The Balaban J connectivity index is 2.19. The first-order valence-corrected chi connectivity index (χ1v) is 10.7. The zero-order valence-corrected chi connectivity index (χ0v) is 17.3. The van der Waals surface area contributed by atoms with Crippen LogP contribution in [0.2, 0.25) is 0 Å². The topological polar surface area (TPSA) is 95.6 Å². The Bertz CT molecular complexity index is 797. The van der Waals surface area contributed by atoms with Gasteiger partial charge < -0.3 is 10.6 Å². The SMILES string of the molecule is CNC(=O)C(=O)NCCC1CCCCN1S(=O)(=O)c1c(C)cc(C)cc1C. The van der Waals surface area contributed by atoms with E-state index in [0.717, 1.165) is 36.0 Å². The number of aryl methyl sites for hydroxylation is 3. The minimum absolute atomic E-state index is 0.186. The van der Waals surface area contributed by atoms with Crippen molar-refractivity contribution in [2.75, 3.05) is 20.1 Å². The molecule has 1 atom stereocenters. The molecule has 8 heteroatoms. The van der Waals surface area contributed by atoms with Crippen LogP contribution in [-0.4, -0.2) is 50.7 Å². The maximum atomic E-state index is 13.4. The highest BCUT2D eigenvalue weighted by Crippen LogP contribution is 2.31. The van der Waals surface area contributed by atoms with E-state index in [1.807, 2.05) is 32.9 Å². The molecule has 1 aliphatic heterocycles. The van der Waals surface area contributed by atoms with Crippen molar-refractivity contribution in [2.45, 2.75) is 57.4 Å². The molecule has 1 saturated heterocycles. The normalized spacial score (nSPS) is 18.1. The predicted molar refractivity (Wildman–Crippen MR) is 104 cm³/mol. The van der Waals surface area contributed by atoms with Gasteiger partial charge in [0.05, 0.1) is 4.90 Å². The number of amides is 2. The molecule has 0 saturated carbocycles. The summed E-state index contributed by atoms with van der Waals surface area (Å²) >= 11 is 0. The van der Waals surface area contributed by atoms with E-state index in [0.29, 0.717) is 17.9 Å². The van der Waals surface area contributed by atoms with Gasteiger partial charge in [0.25, 0.3) is 0 Å². The fourth-order valence-electron chi connectivity index (χ4n) is 3.82. The first-order valence-electron chi connectivity index (χ1n) is 9.28. The molecule has 0 bridgehead atoms. The van der Waals surface area contributed by atoms with E-state index in [1.165, 1.54) is 7.05 Å². The number of benzene rings is 1. The molecular formula is C19H29N3O4S. The van der Waals surface area contributed by atoms with Crippen molar-refractivity contribution in [1.82, 2.24) is 14.9 Å². The van der Waals surface area contributed by atoms with Gasteiger partial charge >= 0.3 is 11.8 Å². The van der Waals surface area contributed by atoms with E-state index in [9.17, 15) is 18.0 Å². The van der Waals surface area contributed by atoms with Crippen LogP contribution in [0.15, 0.2) is 17.0 Å². The van der Waals surface area contributed by atoms with Crippen LogP contribution in [0.1, 0.15) is 42.4 Å². The molecule has 1 aromatic carbocycles. The van der Waals surface area contributed by atoms with Crippen molar-refractivity contribution in [3.63, 3.8) is 0 Å². The Hall–Kier alpha value is -1.93. The van der Waals surface area contributed by atoms with Crippen LogP contribution in [0.25, 0.3) is 0 Å². The lowest BCUT2D eigenvalue weighted by molar-refractivity contribution is -0.138. The van der Waals surface area contributed by atoms with Gasteiger partial charge in [-0.25, -0.2) is 8.42 Å². The summed E-state index contributed by atoms with van der Waals surface area (Å²) in [5.41, 5.74) is 2.55. The molecule has 0 aromatic heterocycles. The molecule has 2 amide bonds. The van der Waals surface area contributed by atoms with Crippen molar-refractivity contribution in [1.29, 1.82) is 0 Å². The number of hydrogen-bond acceptors (Lipinski definition) is 4. The van der Waals surface area contributed by atoms with Crippen LogP contribution >= 0.6 is 0 Å². The van der Waals surface area contributed by atoms with E-state index in [4.69, 9.17) is 0 Å². The van der Waals surface area contributed by atoms with Crippen molar-refractivity contribution >= 4 is 21.8 Å². The van der Waals surface area contributed by atoms with Gasteiger partial charge in [-0.1, -0.05) is 24.1 Å². The quantitative estimate of drug-likeness (QED) is 0.737. The lowest BCUT2D eigenvalue weighted by Crippen LogP contribution is -2.46. The highest BCUT2D eigenvalue weighted by Gasteiger charge is 2.35. The molecule has 27 heavy (non-hydrogen) atoms. The van der Waals surface area contributed by atoms with E-state index in [-0.39, 0.29) is 12.6 Å². The summed E-state index contributed by atoms with van der Waals surface area (Å²) in [4.78, 5) is 23.2. The summed E-state index contributed by atoms with van der Waals surface area (Å²) in [5.74, 6) is -1.40. The van der Waals surface area contributed by atoms with Crippen molar-refractivity contribution in [3.05, 3.63) is 28.8 Å². The molecule has 2 N–H and O–H groups in total. The number of rotatable bonds is 5. The minimum Gasteiger partial charge on any atom is -0.351 e. The van der Waals surface area contributed by atoms with E-state index < -0.39 is 21.8 Å². The average Bonchev–Trinajstić information content (AvgIpc) is 2.60. The molecule has 1 unspecified atom stereocenters. The molecule has 1 heterocycles. The number of nitrogens with one attached hydrogen (secondary N) is 2. The monoisotopic (exact) mass is 395 g/mol. The summed E-state index contributed by atoms with van der Waals surface area (Å²) in [6.07, 6.45) is 3.00. The van der Waals surface area contributed by atoms with Gasteiger partial charge in [0, 0.05) is 26.2 Å². The molecule has 1 aromatic rings. The Morgan fingerprint density at radius 1 is 1.11 bits per heavy atom. The number of carbonyl (C=O) groups is 2. The molecule has 1 aliphatic rings. The summed E-state index contributed by atoms with van der Waals surface area (Å²) in [6, 6.07) is 3.60. The third-order valence-corrected chi connectivity index (χ3v) is 7.20. The zero-order chi connectivity index (χ0) is 20.2. The average molecular weight is 396 g/mol. The molecule has 0 aliphatic carbocycles. The van der Waals surface area contributed by atoms with Gasteiger partial charge in [-0.05, 0) is 51.2 Å². The number of piperidine rings is 1. The number of sulfonamides is 1. The van der Waals surface area contributed by atoms with Gasteiger partial charge in [0.15, 0.2) is 0 Å². The molecule has 7 nitrogen and oxygen atoms in total. The fourth-order valence-corrected chi connectivity index (χ4v) is 5.95. The second-order valence-electron chi connectivity index (χ2n) is 7.12. The third kappa shape index (κ3) is 4.87. The Kier molecular flexibility index (Phi) is 7.00. The van der Waals surface area contributed by atoms with Crippen LogP contribution in [0.5, 0.6) is 0 Å². The van der Waals surface area contributed by atoms with Crippen LogP contribution < -0.4 is 10.6 Å². The molecule has 0 spiro atoms. The van der Waals surface area contributed by atoms with Crippen LogP contribution in [0.3, 0.4) is 0 Å². The highest BCUT2D eigenvalue weighted by molar-refractivity contribution is 7.89. The number of hydrogen-bond donors (Lipinski definition) is 2. The molecule has 2 rings (SSSR count). The fraction of sp³-hybridized carbons (Fsp3) is 0.579. The van der Waals surface area contributed by atoms with Gasteiger partial charge in [-0.2, -0.15) is 4.31 Å². The summed E-state index contributed by atoms with van der Waals surface area (Å²) in [6.45, 7) is 6.35.